The molecule has 16 heavy (non-hydrogen) atoms. The predicted octanol–water partition coefficient (Wildman–Crippen LogP) is 3.62. The summed E-state index contributed by atoms with van der Waals surface area (Å²) < 4.78 is 21.2. The molecular formula is C12H17O3P. The summed E-state index contributed by atoms with van der Waals surface area (Å²) in [5, 5.41) is 0. The molecule has 0 heterocycles. The van der Waals surface area contributed by atoms with Gasteiger partial charge in [0, 0.05) is 20.0 Å². The van der Waals surface area contributed by atoms with Crippen LogP contribution in [0.5, 0.6) is 0 Å². The van der Waals surface area contributed by atoms with Crippen LogP contribution >= 0.6 is 7.60 Å². The van der Waals surface area contributed by atoms with Crippen LogP contribution in [0.4, 0.5) is 0 Å². The highest BCUT2D eigenvalue weighted by Crippen LogP contribution is 2.47. The Morgan fingerprint density at radius 1 is 1.19 bits per heavy atom. The average molecular weight is 240 g/mol. The standard InChI is InChI=1S/C12H17O3P/c1-14-16(13,15-2)11-7-6-10-12-8-4-3-5-9-12/h3-5,7-9,11H,6,10H2,1-2H3/b11-7+. The van der Waals surface area contributed by atoms with E-state index in [1.807, 2.05) is 24.3 Å². The molecule has 1 aromatic carbocycles. The molecule has 0 aliphatic carbocycles. The lowest BCUT2D eigenvalue weighted by atomic mass is 10.1. The fraction of sp³-hybridized carbons (Fsp3) is 0.333. The molecule has 0 fully saturated rings. The van der Waals surface area contributed by atoms with Crippen molar-refractivity contribution in [2.45, 2.75) is 12.8 Å². The Kier molecular flexibility index (Phi) is 5.47. The fourth-order valence-electron chi connectivity index (χ4n) is 1.29. The van der Waals surface area contributed by atoms with Gasteiger partial charge in [0.25, 0.3) is 0 Å². The van der Waals surface area contributed by atoms with Crippen molar-refractivity contribution >= 4 is 7.60 Å². The molecule has 0 spiro atoms. The Morgan fingerprint density at radius 3 is 2.38 bits per heavy atom. The van der Waals surface area contributed by atoms with Gasteiger partial charge in [0.05, 0.1) is 0 Å². The third-order valence-corrected chi connectivity index (χ3v) is 3.83. The van der Waals surface area contributed by atoms with Gasteiger partial charge in [-0.15, -0.1) is 0 Å². The summed E-state index contributed by atoms with van der Waals surface area (Å²) in [5.41, 5.74) is 1.26. The van der Waals surface area contributed by atoms with Gasteiger partial charge in [0.1, 0.15) is 0 Å². The molecule has 0 aliphatic rings. The largest absolute Gasteiger partial charge is 0.353 e. The van der Waals surface area contributed by atoms with Crippen LogP contribution in [0, 0.1) is 0 Å². The van der Waals surface area contributed by atoms with Crippen LogP contribution in [0.25, 0.3) is 0 Å². The monoisotopic (exact) mass is 240 g/mol. The summed E-state index contributed by atoms with van der Waals surface area (Å²) in [4.78, 5) is 0. The molecule has 0 aliphatic heterocycles. The highest BCUT2D eigenvalue weighted by molar-refractivity contribution is 7.57. The molecule has 0 radical (unpaired) electrons. The van der Waals surface area contributed by atoms with Gasteiger partial charge in [-0.05, 0) is 18.4 Å². The van der Waals surface area contributed by atoms with E-state index in [-0.39, 0.29) is 0 Å². The molecule has 1 rings (SSSR count). The van der Waals surface area contributed by atoms with Crippen LogP contribution in [0.2, 0.25) is 0 Å². The minimum atomic E-state index is -2.98. The van der Waals surface area contributed by atoms with Crippen LogP contribution < -0.4 is 0 Å². The minimum Gasteiger partial charge on any atom is -0.309 e. The zero-order chi connectivity index (χ0) is 11.9. The maximum atomic E-state index is 11.6. The van der Waals surface area contributed by atoms with E-state index in [1.165, 1.54) is 25.6 Å². The van der Waals surface area contributed by atoms with Crippen molar-refractivity contribution in [2.24, 2.45) is 0 Å². The van der Waals surface area contributed by atoms with Gasteiger partial charge in [-0.2, -0.15) is 0 Å². The number of hydrogen-bond acceptors (Lipinski definition) is 3. The Balaban J connectivity index is 2.41. The Labute approximate surface area is 96.6 Å². The van der Waals surface area contributed by atoms with Crippen molar-refractivity contribution in [1.82, 2.24) is 0 Å². The zero-order valence-corrected chi connectivity index (χ0v) is 10.5. The lowest BCUT2D eigenvalue weighted by Gasteiger charge is -2.07. The van der Waals surface area contributed by atoms with Gasteiger partial charge in [-0.1, -0.05) is 36.4 Å². The maximum Gasteiger partial charge on any atom is 0.353 e. The van der Waals surface area contributed by atoms with E-state index in [2.05, 4.69) is 12.1 Å². The van der Waals surface area contributed by atoms with E-state index in [0.717, 1.165) is 12.8 Å². The van der Waals surface area contributed by atoms with Crippen LogP contribution in [0.1, 0.15) is 12.0 Å². The Morgan fingerprint density at radius 2 is 1.81 bits per heavy atom. The smallest absolute Gasteiger partial charge is 0.309 e. The van der Waals surface area contributed by atoms with E-state index in [4.69, 9.17) is 9.05 Å². The SMILES string of the molecule is COP(=O)(/C=C/CCc1ccccc1)OC. The van der Waals surface area contributed by atoms with Crippen LogP contribution in [0.3, 0.4) is 0 Å². The highest BCUT2D eigenvalue weighted by atomic mass is 31.2. The second kappa shape index (κ2) is 6.64. The molecule has 0 amide bonds. The van der Waals surface area contributed by atoms with Gasteiger partial charge in [-0.3, -0.25) is 4.57 Å². The van der Waals surface area contributed by atoms with Crippen LogP contribution in [-0.4, -0.2) is 14.2 Å². The summed E-state index contributed by atoms with van der Waals surface area (Å²) in [6.45, 7) is 0. The summed E-state index contributed by atoms with van der Waals surface area (Å²) in [7, 11) is -0.221. The normalized spacial score (nSPS) is 12.1. The van der Waals surface area contributed by atoms with Gasteiger partial charge in [0.2, 0.25) is 0 Å². The summed E-state index contributed by atoms with van der Waals surface area (Å²) in [6, 6.07) is 10.1. The molecule has 0 atom stereocenters. The third kappa shape index (κ3) is 4.31. The lowest BCUT2D eigenvalue weighted by molar-refractivity contribution is 0.286. The molecule has 88 valence electrons. The zero-order valence-electron chi connectivity index (χ0n) is 9.63. The molecule has 0 aromatic heterocycles. The van der Waals surface area contributed by atoms with Crippen molar-refractivity contribution in [1.29, 1.82) is 0 Å². The quantitative estimate of drug-likeness (QED) is 0.712. The molecule has 0 saturated heterocycles. The fourth-order valence-corrected chi connectivity index (χ4v) is 2.09. The van der Waals surface area contributed by atoms with Crippen molar-refractivity contribution in [2.75, 3.05) is 14.2 Å². The van der Waals surface area contributed by atoms with Gasteiger partial charge >= 0.3 is 7.60 Å². The first-order chi connectivity index (χ1) is 7.70. The predicted molar refractivity (Wildman–Crippen MR) is 65.5 cm³/mol. The van der Waals surface area contributed by atoms with Crippen molar-refractivity contribution < 1.29 is 13.6 Å². The molecule has 3 nitrogen and oxygen atoms in total. The van der Waals surface area contributed by atoms with Crippen molar-refractivity contribution in [3.05, 3.63) is 47.8 Å². The first-order valence-corrected chi connectivity index (χ1v) is 6.74. The molecule has 0 N–H and O–H groups in total. The van der Waals surface area contributed by atoms with E-state index < -0.39 is 7.60 Å². The lowest BCUT2D eigenvalue weighted by Crippen LogP contribution is -1.85. The summed E-state index contributed by atoms with van der Waals surface area (Å²) in [5.74, 6) is 1.51. The Bertz CT molecular complexity index is 365. The molecular weight excluding hydrogens is 223 g/mol. The maximum absolute atomic E-state index is 11.6. The number of rotatable bonds is 6. The Hall–Kier alpha value is -0.890. The number of benzene rings is 1. The first kappa shape index (κ1) is 13.2. The summed E-state index contributed by atoms with van der Waals surface area (Å²) in [6.07, 6.45) is 3.58. The molecule has 0 saturated carbocycles. The second-order valence-electron chi connectivity index (χ2n) is 3.31. The van der Waals surface area contributed by atoms with E-state index in [9.17, 15) is 4.57 Å². The first-order valence-electron chi connectivity index (χ1n) is 5.13. The third-order valence-electron chi connectivity index (χ3n) is 2.24. The van der Waals surface area contributed by atoms with Crippen LogP contribution in [0.15, 0.2) is 42.2 Å². The second-order valence-corrected chi connectivity index (χ2v) is 5.42. The highest BCUT2D eigenvalue weighted by Gasteiger charge is 2.14. The molecule has 0 bridgehead atoms. The topological polar surface area (TPSA) is 35.5 Å². The van der Waals surface area contributed by atoms with E-state index in [0.29, 0.717) is 0 Å². The van der Waals surface area contributed by atoms with Gasteiger partial charge < -0.3 is 9.05 Å². The number of aryl methyl sites for hydroxylation is 1. The van der Waals surface area contributed by atoms with Gasteiger partial charge in [-0.25, -0.2) is 0 Å². The van der Waals surface area contributed by atoms with Gasteiger partial charge in [0.15, 0.2) is 0 Å². The van der Waals surface area contributed by atoms with E-state index >= 15 is 0 Å². The number of allylic oxidation sites excluding steroid dienone is 1. The summed E-state index contributed by atoms with van der Waals surface area (Å²) >= 11 is 0. The minimum absolute atomic E-state index is 0.820. The van der Waals surface area contributed by atoms with Crippen LogP contribution in [-0.2, 0) is 20.0 Å². The van der Waals surface area contributed by atoms with Crippen molar-refractivity contribution in [3.63, 3.8) is 0 Å². The average Bonchev–Trinajstić information content (AvgIpc) is 2.36. The van der Waals surface area contributed by atoms with E-state index in [1.54, 1.807) is 0 Å². The molecule has 4 heteroatoms. The van der Waals surface area contributed by atoms with Crippen molar-refractivity contribution in [3.8, 4) is 0 Å². The molecule has 1 aromatic rings. The number of hydrogen-bond donors (Lipinski definition) is 0. The molecule has 0 unspecified atom stereocenters.